The van der Waals surface area contributed by atoms with Gasteiger partial charge in [0.25, 0.3) is 17.3 Å². The van der Waals surface area contributed by atoms with Crippen molar-refractivity contribution in [1.82, 2.24) is 5.32 Å². The van der Waals surface area contributed by atoms with Crippen LogP contribution in [0.5, 0.6) is 0 Å². The molecule has 0 spiro atoms. The van der Waals surface area contributed by atoms with E-state index in [4.69, 9.17) is 0 Å². The SMILES string of the molecule is O=C(NCCNc1c([N+](=O)[O-])cc(C(F)(F)F)cc1[N+](=O)[O-])c1cccc(C(F)(F)F)c1. The van der Waals surface area contributed by atoms with Crippen LogP contribution in [0.4, 0.5) is 43.4 Å². The van der Waals surface area contributed by atoms with Gasteiger partial charge in [0, 0.05) is 30.8 Å². The highest BCUT2D eigenvalue weighted by molar-refractivity contribution is 5.94. The molecule has 0 aliphatic heterocycles. The van der Waals surface area contributed by atoms with Gasteiger partial charge in [-0.15, -0.1) is 0 Å². The number of nitrogens with one attached hydrogen (secondary N) is 2. The van der Waals surface area contributed by atoms with Crippen LogP contribution in [0.25, 0.3) is 0 Å². The Morgan fingerprint density at radius 1 is 0.844 bits per heavy atom. The van der Waals surface area contributed by atoms with E-state index in [1.165, 1.54) is 0 Å². The van der Waals surface area contributed by atoms with Gasteiger partial charge >= 0.3 is 12.4 Å². The zero-order valence-corrected chi connectivity index (χ0v) is 15.6. The summed E-state index contributed by atoms with van der Waals surface area (Å²) in [4.78, 5) is 31.8. The molecular formula is C17H12F6N4O5. The Morgan fingerprint density at radius 2 is 1.38 bits per heavy atom. The van der Waals surface area contributed by atoms with Crippen molar-refractivity contribution >= 4 is 23.0 Å². The van der Waals surface area contributed by atoms with Crippen LogP contribution in [-0.4, -0.2) is 28.8 Å². The zero-order chi connectivity index (χ0) is 24.3. The van der Waals surface area contributed by atoms with Crippen molar-refractivity contribution in [3.8, 4) is 0 Å². The summed E-state index contributed by atoms with van der Waals surface area (Å²) in [5.74, 6) is -0.936. The molecular weight excluding hydrogens is 454 g/mol. The highest BCUT2D eigenvalue weighted by Gasteiger charge is 2.37. The molecule has 0 heterocycles. The van der Waals surface area contributed by atoms with Crippen LogP contribution in [0.2, 0.25) is 0 Å². The summed E-state index contributed by atoms with van der Waals surface area (Å²) in [7, 11) is 0. The Hall–Kier alpha value is -3.91. The van der Waals surface area contributed by atoms with Gasteiger partial charge in [0.15, 0.2) is 5.69 Å². The average molecular weight is 466 g/mol. The number of nitro benzene ring substituents is 2. The van der Waals surface area contributed by atoms with Crippen molar-refractivity contribution in [1.29, 1.82) is 0 Å². The van der Waals surface area contributed by atoms with Crippen molar-refractivity contribution in [3.63, 3.8) is 0 Å². The third-order valence-corrected chi connectivity index (χ3v) is 3.98. The topological polar surface area (TPSA) is 127 Å². The lowest BCUT2D eigenvalue weighted by atomic mass is 10.1. The van der Waals surface area contributed by atoms with Crippen LogP contribution in [0.1, 0.15) is 21.5 Å². The molecule has 0 fully saturated rings. The van der Waals surface area contributed by atoms with E-state index in [1.54, 1.807) is 0 Å². The quantitative estimate of drug-likeness (QED) is 0.270. The first-order valence-corrected chi connectivity index (χ1v) is 8.45. The zero-order valence-electron chi connectivity index (χ0n) is 15.6. The molecule has 0 aliphatic carbocycles. The lowest BCUT2D eigenvalue weighted by Gasteiger charge is -2.12. The second kappa shape index (κ2) is 9.07. The Bertz CT molecular complexity index is 1020. The summed E-state index contributed by atoms with van der Waals surface area (Å²) in [5.41, 5.74) is -6.25. The molecule has 2 rings (SSSR count). The second-order valence-electron chi connectivity index (χ2n) is 6.16. The smallest absolute Gasteiger partial charge is 0.372 e. The van der Waals surface area contributed by atoms with Gasteiger partial charge in [-0.1, -0.05) is 6.07 Å². The first-order valence-electron chi connectivity index (χ1n) is 8.45. The average Bonchev–Trinajstić information content (AvgIpc) is 2.69. The molecule has 9 nitrogen and oxygen atoms in total. The number of halogens is 6. The highest BCUT2D eigenvalue weighted by Crippen LogP contribution is 2.41. The van der Waals surface area contributed by atoms with Gasteiger partial charge < -0.3 is 10.6 Å². The lowest BCUT2D eigenvalue weighted by Crippen LogP contribution is -2.29. The molecule has 0 saturated heterocycles. The minimum Gasteiger partial charge on any atom is -0.372 e. The van der Waals surface area contributed by atoms with E-state index in [9.17, 15) is 51.4 Å². The summed E-state index contributed by atoms with van der Waals surface area (Å²) in [5, 5.41) is 26.7. The minimum atomic E-state index is -5.08. The predicted octanol–water partition coefficient (Wildman–Crippen LogP) is 4.38. The van der Waals surface area contributed by atoms with Crippen molar-refractivity contribution in [3.05, 3.63) is 73.3 Å². The summed E-state index contributed by atoms with van der Waals surface area (Å²) >= 11 is 0. The maximum Gasteiger partial charge on any atom is 0.416 e. The first kappa shape index (κ1) is 24.4. The Balaban J connectivity index is 2.16. The molecule has 0 atom stereocenters. The van der Waals surface area contributed by atoms with E-state index in [1.807, 2.05) is 0 Å². The van der Waals surface area contributed by atoms with E-state index in [2.05, 4.69) is 10.6 Å². The van der Waals surface area contributed by atoms with Crippen LogP contribution < -0.4 is 10.6 Å². The molecule has 0 aromatic heterocycles. The van der Waals surface area contributed by atoms with Gasteiger partial charge in [0.05, 0.1) is 21.0 Å². The molecule has 2 aromatic carbocycles. The van der Waals surface area contributed by atoms with Crippen LogP contribution in [0.15, 0.2) is 36.4 Å². The molecule has 0 unspecified atom stereocenters. The second-order valence-corrected chi connectivity index (χ2v) is 6.16. The number of nitrogens with zero attached hydrogens (tertiary/aromatic N) is 2. The molecule has 15 heteroatoms. The number of carbonyl (C=O) groups excluding carboxylic acids is 1. The normalized spacial score (nSPS) is 11.7. The number of carbonyl (C=O) groups is 1. The number of hydrogen-bond donors (Lipinski definition) is 2. The van der Waals surface area contributed by atoms with Crippen LogP contribution in [-0.2, 0) is 12.4 Å². The molecule has 0 aliphatic rings. The van der Waals surface area contributed by atoms with E-state index in [0.29, 0.717) is 6.07 Å². The van der Waals surface area contributed by atoms with E-state index >= 15 is 0 Å². The third kappa shape index (κ3) is 5.83. The molecule has 0 radical (unpaired) electrons. The summed E-state index contributed by atoms with van der Waals surface area (Å²) in [6.45, 7) is -0.790. The third-order valence-electron chi connectivity index (χ3n) is 3.98. The maximum atomic E-state index is 12.9. The number of nitro groups is 2. The monoisotopic (exact) mass is 466 g/mol. The Labute approximate surface area is 174 Å². The molecule has 2 N–H and O–H groups in total. The van der Waals surface area contributed by atoms with Crippen LogP contribution in [0, 0.1) is 20.2 Å². The number of anilines is 1. The number of alkyl halides is 6. The molecule has 0 saturated carbocycles. The number of rotatable bonds is 7. The summed E-state index contributed by atoms with van der Waals surface area (Å²) in [6, 6.07) is 3.69. The van der Waals surface area contributed by atoms with Gasteiger partial charge in [-0.05, 0) is 18.2 Å². The van der Waals surface area contributed by atoms with Crippen molar-refractivity contribution in [2.45, 2.75) is 12.4 Å². The Kier molecular flexibility index (Phi) is 6.90. The van der Waals surface area contributed by atoms with Crippen molar-refractivity contribution in [2.75, 3.05) is 18.4 Å². The van der Waals surface area contributed by atoms with Crippen LogP contribution in [0.3, 0.4) is 0 Å². The van der Waals surface area contributed by atoms with Gasteiger partial charge in [-0.2, -0.15) is 26.3 Å². The number of amides is 1. The maximum absolute atomic E-state index is 12.9. The van der Waals surface area contributed by atoms with E-state index < -0.39 is 62.8 Å². The largest absolute Gasteiger partial charge is 0.416 e. The van der Waals surface area contributed by atoms with Crippen molar-refractivity contribution < 1.29 is 41.0 Å². The summed E-state index contributed by atoms with van der Waals surface area (Å²) in [6.07, 6.45) is -9.76. The standard InChI is InChI=1S/C17H12F6N4O5/c18-16(19,20)10-3-1-2-9(6-10)15(28)25-5-4-24-14-12(26(29)30)7-11(17(21,22)23)8-13(14)27(31)32/h1-3,6-8,24H,4-5H2,(H,25,28). The highest BCUT2D eigenvalue weighted by atomic mass is 19.4. The van der Waals surface area contributed by atoms with E-state index in [0.717, 1.165) is 18.2 Å². The van der Waals surface area contributed by atoms with Gasteiger partial charge in [-0.3, -0.25) is 25.0 Å². The lowest BCUT2D eigenvalue weighted by molar-refractivity contribution is -0.392. The Morgan fingerprint density at radius 3 is 1.84 bits per heavy atom. The van der Waals surface area contributed by atoms with Gasteiger partial charge in [0.2, 0.25) is 0 Å². The number of benzene rings is 2. The summed E-state index contributed by atoms with van der Waals surface area (Å²) < 4.78 is 76.8. The van der Waals surface area contributed by atoms with E-state index in [-0.39, 0.29) is 24.2 Å². The number of hydrogen-bond acceptors (Lipinski definition) is 6. The predicted molar refractivity (Wildman–Crippen MR) is 97.0 cm³/mol. The van der Waals surface area contributed by atoms with Gasteiger partial charge in [0.1, 0.15) is 0 Å². The fraction of sp³-hybridized carbons (Fsp3) is 0.235. The van der Waals surface area contributed by atoms with Crippen LogP contribution >= 0.6 is 0 Å². The molecule has 2 aromatic rings. The fourth-order valence-corrected chi connectivity index (χ4v) is 2.55. The van der Waals surface area contributed by atoms with Gasteiger partial charge in [-0.25, -0.2) is 0 Å². The first-order chi connectivity index (χ1) is 14.7. The minimum absolute atomic E-state index is 0.122. The molecule has 172 valence electrons. The molecule has 1 amide bonds. The fourth-order valence-electron chi connectivity index (χ4n) is 2.55. The molecule has 0 bridgehead atoms. The van der Waals surface area contributed by atoms with Crippen molar-refractivity contribution in [2.24, 2.45) is 0 Å². The molecule has 32 heavy (non-hydrogen) atoms.